The highest BCUT2D eigenvalue weighted by Crippen LogP contribution is 2.48. The number of nitriles is 1. The van der Waals surface area contributed by atoms with Crippen LogP contribution in [-0.4, -0.2) is 9.13 Å². The monoisotopic (exact) mass is 873 g/mol. The third-order valence-corrected chi connectivity index (χ3v) is 12.4. The summed E-state index contributed by atoms with van der Waals surface area (Å²) in [4.78, 5) is 0. The van der Waals surface area contributed by atoms with Crippen molar-refractivity contribution in [1.29, 1.82) is 5.26 Å². The number of nitrogens with zero attached hydrogens (tertiary/aromatic N) is 3. The van der Waals surface area contributed by atoms with Gasteiger partial charge in [0.1, 0.15) is 0 Å². The number of para-hydroxylation sites is 2. The average molecular weight is 874 g/mol. The summed E-state index contributed by atoms with van der Waals surface area (Å²) in [5.74, 6) is 0. The Balaban J connectivity index is 1.25. The number of halogens is 6. The molecule has 9 heteroatoms. The first kappa shape index (κ1) is 40.4. The Morgan fingerprint density at radius 1 is 0.348 bits per heavy atom. The zero-order chi connectivity index (χ0) is 45.3. The third-order valence-electron chi connectivity index (χ3n) is 12.4. The predicted octanol–water partition coefficient (Wildman–Crippen LogP) is 16.5. The first-order valence-corrected chi connectivity index (χ1v) is 21.1. The molecule has 0 fully saturated rings. The molecule has 0 aliphatic carbocycles. The minimum Gasteiger partial charge on any atom is -0.309 e. The van der Waals surface area contributed by atoms with E-state index in [1.807, 2.05) is 143 Å². The lowest BCUT2D eigenvalue weighted by Gasteiger charge is -2.22. The molecule has 318 valence electrons. The molecule has 0 aliphatic heterocycles. The predicted molar refractivity (Wildman–Crippen MR) is 252 cm³/mol. The van der Waals surface area contributed by atoms with Crippen molar-refractivity contribution in [2.75, 3.05) is 0 Å². The molecule has 11 rings (SSSR count). The van der Waals surface area contributed by atoms with Crippen molar-refractivity contribution in [3.63, 3.8) is 0 Å². The third kappa shape index (κ3) is 6.69. The first-order chi connectivity index (χ1) is 32.0. The summed E-state index contributed by atoms with van der Waals surface area (Å²) in [6.07, 6.45) is -10.2. The number of alkyl halides is 6. The highest BCUT2D eigenvalue weighted by Gasteiger charge is 2.41. The quantitative estimate of drug-likeness (QED) is 0.153. The van der Waals surface area contributed by atoms with E-state index in [-0.39, 0.29) is 5.56 Å². The maximum Gasteiger partial charge on any atom is 0.417 e. The maximum atomic E-state index is 14.9. The molecule has 0 saturated carbocycles. The standard InChI is InChI=1S/C57H33F6N3/c58-56(59,60)47-18-11-19-48(57(61,62)63)55(47)40-25-29-52(65-49-20-9-7-16-41(49)44-31-38(23-27-51(44)65)36-12-3-1-4-13-36)46(33-40)43-26-22-35(34-64)30-54(43)66-50-21-10-8-17-42(50)45-32-39(24-28-53(45)66)37-14-5-2-6-15-37/h1-33H. The molecule has 0 unspecified atom stereocenters. The Labute approximate surface area is 374 Å². The molecule has 2 heterocycles. The fraction of sp³-hybridized carbons (Fsp3) is 0.0351. The fourth-order valence-corrected chi connectivity index (χ4v) is 9.54. The minimum absolute atomic E-state index is 0.272. The molecule has 0 N–H and O–H groups in total. The Morgan fingerprint density at radius 2 is 0.818 bits per heavy atom. The van der Waals surface area contributed by atoms with Crippen molar-refractivity contribution in [1.82, 2.24) is 9.13 Å². The van der Waals surface area contributed by atoms with Gasteiger partial charge in [-0.1, -0.05) is 127 Å². The van der Waals surface area contributed by atoms with Gasteiger partial charge in [0.2, 0.25) is 0 Å². The van der Waals surface area contributed by atoms with Crippen LogP contribution in [0.5, 0.6) is 0 Å². The lowest BCUT2D eigenvalue weighted by atomic mass is 9.90. The minimum atomic E-state index is -5.11. The van der Waals surface area contributed by atoms with Gasteiger partial charge in [-0.3, -0.25) is 0 Å². The molecule has 3 nitrogen and oxygen atoms in total. The lowest BCUT2D eigenvalue weighted by molar-refractivity contribution is -0.142. The lowest BCUT2D eigenvalue weighted by Crippen LogP contribution is -2.14. The van der Waals surface area contributed by atoms with Gasteiger partial charge in [0.25, 0.3) is 0 Å². The number of aromatic nitrogens is 2. The number of hydrogen-bond donors (Lipinski definition) is 0. The van der Waals surface area contributed by atoms with Gasteiger partial charge in [-0.2, -0.15) is 31.6 Å². The Morgan fingerprint density at radius 3 is 1.33 bits per heavy atom. The molecule has 11 aromatic rings. The number of benzene rings is 9. The molecular formula is C57H33F6N3. The van der Waals surface area contributed by atoms with E-state index in [0.717, 1.165) is 71.9 Å². The Hall–Kier alpha value is -8.35. The van der Waals surface area contributed by atoms with Crippen molar-refractivity contribution in [3.05, 3.63) is 217 Å². The van der Waals surface area contributed by atoms with Crippen LogP contribution in [0.4, 0.5) is 26.3 Å². The largest absolute Gasteiger partial charge is 0.417 e. The summed E-state index contributed by atoms with van der Waals surface area (Å²) in [7, 11) is 0. The van der Waals surface area contributed by atoms with E-state index in [1.54, 1.807) is 24.3 Å². The first-order valence-electron chi connectivity index (χ1n) is 21.1. The molecule has 0 bridgehead atoms. The van der Waals surface area contributed by atoms with Crippen molar-refractivity contribution in [2.45, 2.75) is 12.4 Å². The van der Waals surface area contributed by atoms with Crippen LogP contribution < -0.4 is 0 Å². The fourth-order valence-electron chi connectivity index (χ4n) is 9.54. The van der Waals surface area contributed by atoms with Crippen LogP contribution in [0, 0.1) is 11.3 Å². The van der Waals surface area contributed by atoms with Gasteiger partial charge in [-0.05, 0) is 101 Å². The van der Waals surface area contributed by atoms with E-state index in [1.165, 1.54) is 12.1 Å². The normalized spacial score (nSPS) is 12.1. The summed E-state index contributed by atoms with van der Waals surface area (Å²) in [6.45, 7) is 0. The van der Waals surface area contributed by atoms with Crippen LogP contribution in [0.3, 0.4) is 0 Å². The summed E-state index contributed by atoms with van der Waals surface area (Å²) in [5, 5.41) is 14.0. The Bertz CT molecular complexity index is 3710. The number of rotatable bonds is 6. The van der Waals surface area contributed by atoms with Gasteiger partial charge in [0, 0.05) is 38.2 Å². The molecule has 0 spiro atoms. The van der Waals surface area contributed by atoms with Crippen LogP contribution in [0.1, 0.15) is 16.7 Å². The maximum absolute atomic E-state index is 14.9. The number of hydrogen-bond acceptors (Lipinski definition) is 1. The van der Waals surface area contributed by atoms with Gasteiger partial charge in [-0.25, -0.2) is 0 Å². The van der Waals surface area contributed by atoms with E-state index >= 15 is 0 Å². The smallest absolute Gasteiger partial charge is 0.309 e. The molecule has 66 heavy (non-hydrogen) atoms. The molecule has 0 amide bonds. The molecule has 0 radical (unpaired) electrons. The van der Waals surface area contributed by atoms with E-state index in [2.05, 4.69) is 18.2 Å². The molecule has 0 aliphatic rings. The van der Waals surface area contributed by atoms with Gasteiger partial charge in [0.15, 0.2) is 0 Å². The second-order valence-electron chi connectivity index (χ2n) is 16.2. The van der Waals surface area contributed by atoms with Crippen LogP contribution >= 0.6 is 0 Å². The van der Waals surface area contributed by atoms with Crippen molar-refractivity contribution in [3.8, 4) is 62.0 Å². The molecule has 0 atom stereocenters. The zero-order valence-electron chi connectivity index (χ0n) is 34.7. The zero-order valence-corrected chi connectivity index (χ0v) is 34.7. The second kappa shape index (κ2) is 15.4. The van der Waals surface area contributed by atoms with Crippen molar-refractivity contribution >= 4 is 43.6 Å². The van der Waals surface area contributed by atoms with Gasteiger partial charge in [0.05, 0.1) is 56.2 Å². The average Bonchev–Trinajstić information content (AvgIpc) is 3.85. The molecule has 0 saturated heterocycles. The summed E-state index contributed by atoms with van der Waals surface area (Å²) in [6, 6.07) is 61.6. The molecular weight excluding hydrogens is 841 g/mol. The SMILES string of the molecule is N#Cc1ccc(-c2cc(-c3c(C(F)(F)F)cccc3C(F)(F)F)ccc2-n2c3ccccc3c3cc(-c4ccccc4)ccc32)c(-n2c3ccccc3c3cc(-c4ccccc4)ccc32)c1. The van der Waals surface area contributed by atoms with E-state index in [9.17, 15) is 31.6 Å². The van der Waals surface area contributed by atoms with Gasteiger partial charge in [-0.15, -0.1) is 0 Å². The second-order valence-corrected chi connectivity index (χ2v) is 16.2. The van der Waals surface area contributed by atoms with E-state index < -0.39 is 29.0 Å². The highest BCUT2D eigenvalue weighted by molar-refractivity contribution is 6.13. The van der Waals surface area contributed by atoms with Crippen LogP contribution in [0.2, 0.25) is 0 Å². The van der Waals surface area contributed by atoms with Crippen molar-refractivity contribution in [2.24, 2.45) is 0 Å². The van der Waals surface area contributed by atoms with Crippen LogP contribution in [0.25, 0.3) is 99.5 Å². The Kier molecular flexibility index (Phi) is 9.45. The number of fused-ring (bicyclic) bond motifs is 6. The summed E-state index contributed by atoms with van der Waals surface area (Å²) in [5.41, 5.74) is 5.22. The molecule has 2 aromatic heterocycles. The van der Waals surface area contributed by atoms with Crippen LogP contribution in [0.15, 0.2) is 200 Å². The van der Waals surface area contributed by atoms with Gasteiger partial charge < -0.3 is 9.13 Å². The summed E-state index contributed by atoms with van der Waals surface area (Å²) >= 11 is 0. The van der Waals surface area contributed by atoms with Crippen molar-refractivity contribution < 1.29 is 26.3 Å². The highest BCUT2D eigenvalue weighted by atomic mass is 19.4. The topological polar surface area (TPSA) is 33.6 Å². The summed E-state index contributed by atoms with van der Waals surface area (Å²) < 4.78 is 93.4. The van der Waals surface area contributed by atoms with E-state index in [4.69, 9.17) is 0 Å². The van der Waals surface area contributed by atoms with Gasteiger partial charge >= 0.3 is 12.4 Å². The molecule has 9 aromatic carbocycles. The van der Waals surface area contributed by atoms with Crippen LogP contribution in [-0.2, 0) is 12.4 Å². The van der Waals surface area contributed by atoms with E-state index in [0.29, 0.717) is 40.2 Å².